The summed E-state index contributed by atoms with van der Waals surface area (Å²) in [4.78, 5) is 21.4. The molecule has 3 aromatic rings. The van der Waals surface area contributed by atoms with Crippen LogP contribution >= 0.6 is 0 Å². The number of sulfone groups is 1. The average Bonchev–Trinajstić information content (AvgIpc) is 2.93. The summed E-state index contributed by atoms with van der Waals surface area (Å²) in [6.45, 7) is 2.77. The zero-order valence-electron chi connectivity index (χ0n) is 20.5. The third-order valence-corrected chi connectivity index (χ3v) is 9.69. The third kappa shape index (κ3) is 5.62. The van der Waals surface area contributed by atoms with E-state index in [0.29, 0.717) is 25.9 Å². The molecule has 0 saturated carbocycles. The highest BCUT2D eigenvalue weighted by atomic mass is 32.2. The SMILES string of the molecule is O=C(C1CCN(c2ccncc2)CC1)N1CCC(S(=O)(=O)CC=Cc2ccc3ccccc3c2)CC1. The van der Waals surface area contributed by atoms with Crippen LogP contribution in [0, 0.1) is 5.92 Å². The first-order valence-corrected chi connectivity index (χ1v) is 14.5. The van der Waals surface area contributed by atoms with Crippen molar-refractivity contribution < 1.29 is 13.2 Å². The smallest absolute Gasteiger partial charge is 0.225 e. The van der Waals surface area contributed by atoms with E-state index in [4.69, 9.17) is 0 Å². The molecule has 2 aromatic carbocycles. The standard InChI is InChI=1S/C29H33N3O3S/c33-29(25-11-17-31(18-12-25)27-9-15-30-16-10-27)32-19-13-28(14-20-32)36(34,35)21-3-4-23-7-8-24-5-1-2-6-26(24)22-23/h1-10,15-16,22,25,28H,11-14,17-21H2. The number of benzene rings is 2. The van der Waals surface area contributed by atoms with Crippen LogP contribution in [-0.4, -0.2) is 61.4 Å². The van der Waals surface area contributed by atoms with Gasteiger partial charge in [-0.3, -0.25) is 9.78 Å². The molecule has 2 aliphatic heterocycles. The van der Waals surface area contributed by atoms with Gasteiger partial charge in [0, 0.05) is 50.2 Å². The highest BCUT2D eigenvalue weighted by Gasteiger charge is 2.34. The second-order valence-electron chi connectivity index (χ2n) is 9.83. The van der Waals surface area contributed by atoms with E-state index in [1.807, 2.05) is 41.3 Å². The number of amides is 1. The Balaban J connectivity index is 1.10. The van der Waals surface area contributed by atoms with Crippen LogP contribution in [0.15, 0.2) is 73.1 Å². The van der Waals surface area contributed by atoms with E-state index in [2.05, 4.69) is 34.1 Å². The molecule has 0 spiro atoms. The van der Waals surface area contributed by atoms with Gasteiger partial charge in [0.05, 0.1) is 11.0 Å². The van der Waals surface area contributed by atoms with Crippen LogP contribution in [0.1, 0.15) is 31.2 Å². The molecule has 2 aliphatic rings. The second-order valence-corrected chi connectivity index (χ2v) is 12.2. The Hall–Kier alpha value is -3.19. The number of fused-ring (bicyclic) bond motifs is 1. The van der Waals surface area contributed by atoms with Gasteiger partial charge in [-0.25, -0.2) is 8.42 Å². The average molecular weight is 504 g/mol. The van der Waals surface area contributed by atoms with E-state index in [1.54, 1.807) is 18.5 Å². The van der Waals surface area contributed by atoms with Crippen molar-refractivity contribution in [1.29, 1.82) is 0 Å². The minimum absolute atomic E-state index is 0.0288. The number of piperidine rings is 2. The fourth-order valence-electron chi connectivity index (χ4n) is 5.40. The number of hydrogen-bond donors (Lipinski definition) is 0. The molecular weight excluding hydrogens is 470 g/mol. The Morgan fingerprint density at radius 1 is 0.889 bits per heavy atom. The highest BCUT2D eigenvalue weighted by molar-refractivity contribution is 7.92. The van der Waals surface area contributed by atoms with Crippen molar-refractivity contribution in [2.24, 2.45) is 5.92 Å². The number of nitrogens with zero attached hydrogens (tertiary/aromatic N) is 3. The Morgan fingerprint density at radius 2 is 1.58 bits per heavy atom. The van der Waals surface area contributed by atoms with Crippen molar-refractivity contribution in [3.8, 4) is 0 Å². The van der Waals surface area contributed by atoms with Crippen LogP contribution in [0.3, 0.4) is 0 Å². The van der Waals surface area contributed by atoms with Gasteiger partial charge in [0.25, 0.3) is 0 Å². The number of pyridine rings is 1. The molecule has 3 heterocycles. The third-order valence-electron chi connectivity index (χ3n) is 7.55. The van der Waals surface area contributed by atoms with E-state index >= 15 is 0 Å². The van der Waals surface area contributed by atoms with Crippen LogP contribution < -0.4 is 4.90 Å². The van der Waals surface area contributed by atoms with Gasteiger partial charge >= 0.3 is 0 Å². The Bertz CT molecular complexity index is 1320. The molecule has 6 nitrogen and oxygen atoms in total. The maximum atomic E-state index is 13.1. The number of carbonyl (C=O) groups excluding carboxylic acids is 1. The normalized spacial score (nSPS) is 18.2. The molecule has 0 bridgehead atoms. The molecule has 0 unspecified atom stereocenters. The Kier molecular flexibility index (Phi) is 7.37. The minimum atomic E-state index is -3.24. The number of hydrogen-bond acceptors (Lipinski definition) is 5. The predicted octanol–water partition coefficient (Wildman–Crippen LogP) is 4.57. The van der Waals surface area contributed by atoms with Gasteiger partial charge in [-0.05, 0) is 60.2 Å². The van der Waals surface area contributed by atoms with E-state index in [0.717, 1.165) is 42.6 Å². The van der Waals surface area contributed by atoms with Crippen LogP contribution in [0.2, 0.25) is 0 Å². The predicted molar refractivity (Wildman–Crippen MR) is 146 cm³/mol. The van der Waals surface area contributed by atoms with Gasteiger partial charge in [0.1, 0.15) is 0 Å². The molecular formula is C29H33N3O3S. The van der Waals surface area contributed by atoms with Gasteiger partial charge < -0.3 is 9.80 Å². The summed E-state index contributed by atoms with van der Waals surface area (Å²) in [6.07, 6.45) is 9.95. The van der Waals surface area contributed by atoms with Gasteiger partial charge in [-0.15, -0.1) is 0 Å². The van der Waals surface area contributed by atoms with E-state index in [-0.39, 0.29) is 22.8 Å². The number of carbonyl (C=O) groups is 1. The summed E-state index contributed by atoms with van der Waals surface area (Å²) in [7, 11) is -3.24. The van der Waals surface area contributed by atoms with Crippen LogP contribution in [0.5, 0.6) is 0 Å². The molecule has 0 N–H and O–H groups in total. The lowest BCUT2D eigenvalue weighted by Crippen LogP contribution is -2.47. The first kappa shape index (κ1) is 24.5. The van der Waals surface area contributed by atoms with Gasteiger partial charge in [-0.1, -0.05) is 48.6 Å². The quantitative estimate of drug-likeness (QED) is 0.493. The summed E-state index contributed by atoms with van der Waals surface area (Å²) >= 11 is 0. The van der Waals surface area contributed by atoms with Crippen molar-refractivity contribution in [3.05, 3.63) is 78.6 Å². The highest BCUT2D eigenvalue weighted by Crippen LogP contribution is 2.27. The molecule has 2 fully saturated rings. The lowest BCUT2D eigenvalue weighted by molar-refractivity contribution is -0.137. The number of likely N-dealkylation sites (tertiary alicyclic amines) is 1. The van der Waals surface area contributed by atoms with Crippen molar-refractivity contribution in [2.75, 3.05) is 36.8 Å². The minimum Gasteiger partial charge on any atom is -0.371 e. The number of aromatic nitrogens is 1. The molecule has 2 saturated heterocycles. The lowest BCUT2D eigenvalue weighted by Gasteiger charge is -2.37. The van der Waals surface area contributed by atoms with Crippen molar-refractivity contribution in [3.63, 3.8) is 0 Å². The maximum Gasteiger partial charge on any atom is 0.225 e. The molecule has 7 heteroatoms. The molecule has 0 radical (unpaired) electrons. The maximum absolute atomic E-state index is 13.1. The Morgan fingerprint density at radius 3 is 2.31 bits per heavy atom. The second kappa shape index (κ2) is 10.8. The zero-order chi connectivity index (χ0) is 25.0. The fraction of sp³-hybridized carbons (Fsp3) is 0.379. The van der Waals surface area contributed by atoms with Gasteiger partial charge in [0.15, 0.2) is 9.84 Å². The summed E-state index contributed by atoms with van der Waals surface area (Å²) in [5, 5.41) is 1.93. The summed E-state index contributed by atoms with van der Waals surface area (Å²) in [5.74, 6) is 0.254. The van der Waals surface area contributed by atoms with Crippen LogP contribution in [-0.2, 0) is 14.6 Å². The van der Waals surface area contributed by atoms with Crippen LogP contribution in [0.4, 0.5) is 5.69 Å². The topological polar surface area (TPSA) is 70.6 Å². The molecule has 36 heavy (non-hydrogen) atoms. The summed E-state index contributed by atoms with van der Waals surface area (Å²) in [5.41, 5.74) is 2.15. The number of anilines is 1. The summed E-state index contributed by atoms with van der Waals surface area (Å²) < 4.78 is 25.9. The van der Waals surface area contributed by atoms with E-state index in [1.165, 1.54) is 5.39 Å². The monoisotopic (exact) mass is 503 g/mol. The molecule has 0 aliphatic carbocycles. The summed E-state index contributed by atoms with van der Waals surface area (Å²) in [6, 6.07) is 18.3. The molecule has 1 amide bonds. The zero-order valence-corrected chi connectivity index (χ0v) is 21.3. The molecule has 188 valence electrons. The van der Waals surface area contributed by atoms with Gasteiger partial charge in [0.2, 0.25) is 5.91 Å². The van der Waals surface area contributed by atoms with Crippen molar-refractivity contribution in [1.82, 2.24) is 9.88 Å². The first-order valence-electron chi connectivity index (χ1n) is 12.8. The van der Waals surface area contributed by atoms with Gasteiger partial charge in [-0.2, -0.15) is 0 Å². The number of rotatable bonds is 6. The molecule has 1 aromatic heterocycles. The van der Waals surface area contributed by atoms with E-state index in [9.17, 15) is 13.2 Å². The Labute approximate surface area is 213 Å². The van der Waals surface area contributed by atoms with Crippen LogP contribution in [0.25, 0.3) is 16.8 Å². The van der Waals surface area contributed by atoms with E-state index < -0.39 is 9.84 Å². The molecule has 0 atom stereocenters. The lowest BCUT2D eigenvalue weighted by atomic mass is 9.94. The first-order chi connectivity index (χ1) is 17.5. The molecule has 5 rings (SSSR count). The van der Waals surface area contributed by atoms with Crippen molar-refractivity contribution in [2.45, 2.75) is 30.9 Å². The van der Waals surface area contributed by atoms with Crippen molar-refractivity contribution >= 4 is 38.3 Å². The fourth-order valence-corrected chi connectivity index (χ4v) is 6.96. The largest absolute Gasteiger partial charge is 0.371 e.